The van der Waals surface area contributed by atoms with E-state index >= 15 is 0 Å². The molecular weight excluding hydrogens is 300 g/mol. The van der Waals surface area contributed by atoms with Gasteiger partial charge in [-0.25, -0.2) is 4.79 Å². The van der Waals surface area contributed by atoms with Gasteiger partial charge >= 0.3 is 6.09 Å². The Morgan fingerprint density at radius 3 is 2.86 bits per heavy atom. The first-order chi connectivity index (χ1) is 10.3. The van der Waals surface area contributed by atoms with Gasteiger partial charge in [0, 0.05) is 35.3 Å². The number of carbonyl (C=O) groups is 1. The molecule has 1 aliphatic rings. The van der Waals surface area contributed by atoms with Gasteiger partial charge in [0.25, 0.3) is 0 Å². The van der Waals surface area contributed by atoms with E-state index in [1.165, 1.54) is 0 Å². The van der Waals surface area contributed by atoms with Crippen LogP contribution in [0.3, 0.4) is 0 Å². The lowest BCUT2D eigenvalue weighted by Crippen LogP contribution is -2.42. The molecule has 1 amide bonds. The van der Waals surface area contributed by atoms with E-state index in [2.05, 4.69) is 4.98 Å². The van der Waals surface area contributed by atoms with Crippen LogP contribution < -0.4 is 0 Å². The summed E-state index contributed by atoms with van der Waals surface area (Å²) in [7, 11) is -1.03. The van der Waals surface area contributed by atoms with Crippen molar-refractivity contribution < 1.29 is 13.7 Å². The molecule has 1 aliphatic heterocycles. The van der Waals surface area contributed by atoms with Crippen LogP contribution in [0.15, 0.2) is 24.4 Å². The topological polar surface area (TPSA) is 59.5 Å². The lowest BCUT2D eigenvalue weighted by molar-refractivity contribution is 0.0241. The van der Waals surface area contributed by atoms with Crippen molar-refractivity contribution in [3.63, 3.8) is 0 Å². The van der Waals surface area contributed by atoms with Gasteiger partial charge in [0.15, 0.2) is 0 Å². The normalized spacial score (nSPS) is 20.0. The fourth-order valence-corrected chi connectivity index (χ4v) is 3.89. The van der Waals surface area contributed by atoms with Crippen LogP contribution in [-0.2, 0) is 21.3 Å². The fraction of sp³-hybridized carbons (Fsp3) is 0.625. The summed E-state index contributed by atoms with van der Waals surface area (Å²) in [4.78, 5) is 18.1. The molecule has 5 nitrogen and oxygen atoms in total. The van der Waals surface area contributed by atoms with E-state index in [1.54, 1.807) is 11.1 Å². The first-order valence-electron chi connectivity index (χ1n) is 7.59. The summed E-state index contributed by atoms with van der Waals surface area (Å²) < 4.78 is 17.7. The third kappa shape index (κ3) is 5.09. The maximum atomic E-state index is 12.3. The minimum atomic E-state index is -1.03. The maximum Gasteiger partial charge on any atom is 0.410 e. The van der Waals surface area contributed by atoms with Gasteiger partial charge < -0.3 is 9.64 Å². The quantitative estimate of drug-likeness (QED) is 0.854. The number of likely N-dealkylation sites (tertiary alicyclic amines) is 1. The number of hydrogen-bond acceptors (Lipinski definition) is 4. The molecule has 0 unspecified atom stereocenters. The van der Waals surface area contributed by atoms with E-state index in [4.69, 9.17) is 4.74 Å². The Hall–Kier alpha value is -1.43. The molecule has 0 saturated carbocycles. The second-order valence-corrected chi connectivity index (χ2v) is 8.04. The number of rotatable bonds is 4. The third-order valence-electron chi connectivity index (χ3n) is 3.42. The molecule has 1 aromatic heterocycles. The Balaban J connectivity index is 1.91. The van der Waals surface area contributed by atoms with Crippen molar-refractivity contribution in [3.05, 3.63) is 30.1 Å². The Bertz CT molecular complexity index is 528. The highest BCUT2D eigenvalue weighted by Crippen LogP contribution is 2.22. The van der Waals surface area contributed by atoms with Gasteiger partial charge in [0.2, 0.25) is 0 Å². The number of aromatic nitrogens is 1. The Morgan fingerprint density at radius 1 is 1.45 bits per heavy atom. The molecule has 0 bridgehead atoms. The molecule has 2 rings (SSSR count). The summed E-state index contributed by atoms with van der Waals surface area (Å²) in [5.74, 6) is 0.912. The number of carbonyl (C=O) groups excluding carboxylic acids is 1. The predicted octanol–water partition coefficient (Wildman–Crippen LogP) is 2.73. The van der Waals surface area contributed by atoms with Crippen LogP contribution in [0, 0.1) is 0 Å². The predicted molar refractivity (Wildman–Crippen MR) is 86.9 cm³/mol. The molecule has 0 aliphatic carbocycles. The number of pyridine rings is 1. The monoisotopic (exact) mass is 324 g/mol. The second kappa shape index (κ2) is 7.22. The zero-order chi connectivity index (χ0) is 16.2. The van der Waals surface area contributed by atoms with Crippen molar-refractivity contribution >= 4 is 16.9 Å². The number of hydrogen-bond donors (Lipinski definition) is 0. The van der Waals surface area contributed by atoms with Crippen molar-refractivity contribution in [2.75, 3.05) is 12.3 Å². The summed E-state index contributed by atoms with van der Waals surface area (Å²) >= 11 is 0. The molecule has 0 N–H and O–H groups in total. The van der Waals surface area contributed by atoms with Crippen LogP contribution in [0.5, 0.6) is 0 Å². The minimum absolute atomic E-state index is 0.000560. The second-order valence-electron chi connectivity index (χ2n) is 6.54. The first-order valence-corrected chi connectivity index (χ1v) is 9.08. The van der Waals surface area contributed by atoms with Crippen LogP contribution in [-0.4, -0.2) is 44.1 Å². The smallest absolute Gasteiger partial charge is 0.410 e. The highest BCUT2D eigenvalue weighted by Gasteiger charge is 2.33. The summed E-state index contributed by atoms with van der Waals surface area (Å²) in [6.45, 7) is 6.25. The highest BCUT2D eigenvalue weighted by atomic mass is 32.2. The molecule has 1 fully saturated rings. The Kier molecular flexibility index (Phi) is 5.56. The summed E-state index contributed by atoms with van der Waals surface area (Å²) in [5.41, 5.74) is 0.319. The standard InChI is InChI=1S/C16H24N2O3S/c1-16(2,3)21-15(19)18-10-6-8-14(18)12-22(20)11-13-7-4-5-9-17-13/h4-5,7,9,14H,6,8,10-12H2,1-3H3/t14-,22-/m1/s1. The molecule has 1 saturated heterocycles. The van der Waals surface area contributed by atoms with Crippen LogP contribution in [0.4, 0.5) is 4.79 Å². The van der Waals surface area contributed by atoms with E-state index in [-0.39, 0.29) is 12.1 Å². The first kappa shape index (κ1) is 16.9. The van der Waals surface area contributed by atoms with E-state index in [0.717, 1.165) is 18.5 Å². The van der Waals surface area contributed by atoms with Gasteiger partial charge in [-0.15, -0.1) is 0 Å². The van der Waals surface area contributed by atoms with Gasteiger partial charge in [-0.05, 0) is 45.7 Å². The van der Waals surface area contributed by atoms with Crippen molar-refractivity contribution in [2.24, 2.45) is 0 Å². The van der Waals surface area contributed by atoms with Gasteiger partial charge in [0.1, 0.15) is 5.60 Å². The summed E-state index contributed by atoms with van der Waals surface area (Å²) in [5, 5.41) is 0. The number of amides is 1. The van der Waals surface area contributed by atoms with Crippen molar-refractivity contribution in [1.82, 2.24) is 9.88 Å². The lowest BCUT2D eigenvalue weighted by Gasteiger charge is -2.28. The molecular formula is C16H24N2O3S. The Morgan fingerprint density at radius 2 is 2.23 bits per heavy atom. The molecule has 22 heavy (non-hydrogen) atoms. The zero-order valence-corrected chi connectivity index (χ0v) is 14.3. The minimum Gasteiger partial charge on any atom is -0.444 e. The van der Waals surface area contributed by atoms with Gasteiger partial charge in [-0.2, -0.15) is 0 Å². The Labute approximate surface area is 134 Å². The molecule has 6 heteroatoms. The van der Waals surface area contributed by atoms with E-state index < -0.39 is 16.4 Å². The maximum absolute atomic E-state index is 12.3. The fourth-order valence-electron chi connectivity index (χ4n) is 2.49. The average molecular weight is 324 g/mol. The summed E-state index contributed by atoms with van der Waals surface area (Å²) in [6, 6.07) is 5.60. The van der Waals surface area contributed by atoms with Gasteiger partial charge in [0.05, 0.1) is 11.4 Å². The van der Waals surface area contributed by atoms with Crippen LogP contribution in [0.25, 0.3) is 0 Å². The molecule has 2 atom stereocenters. The van der Waals surface area contributed by atoms with Crippen LogP contribution in [0.1, 0.15) is 39.3 Å². The molecule has 122 valence electrons. The highest BCUT2D eigenvalue weighted by molar-refractivity contribution is 7.84. The van der Waals surface area contributed by atoms with E-state index in [9.17, 15) is 9.00 Å². The van der Waals surface area contributed by atoms with Crippen LogP contribution in [0.2, 0.25) is 0 Å². The molecule has 2 heterocycles. The number of nitrogens with zero attached hydrogens (tertiary/aromatic N) is 2. The van der Waals surface area contributed by atoms with Crippen molar-refractivity contribution in [2.45, 2.75) is 51.0 Å². The third-order valence-corrected chi connectivity index (χ3v) is 4.79. The van der Waals surface area contributed by atoms with Crippen molar-refractivity contribution in [3.8, 4) is 0 Å². The summed E-state index contributed by atoms with van der Waals surface area (Å²) in [6.07, 6.45) is 3.22. The van der Waals surface area contributed by atoms with Crippen molar-refractivity contribution in [1.29, 1.82) is 0 Å². The van der Waals surface area contributed by atoms with Crippen LogP contribution >= 0.6 is 0 Å². The largest absolute Gasteiger partial charge is 0.444 e. The molecule has 0 aromatic carbocycles. The lowest BCUT2D eigenvalue weighted by atomic mass is 10.2. The molecule has 1 aromatic rings. The van der Waals surface area contributed by atoms with E-state index in [1.807, 2.05) is 39.0 Å². The van der Waals surface area contributed by atoms with E-state index in [0.29, 0.717) is 18.1 Å². The number of ether oxygens (including phenoxy) is 1. The molecule has 0 radical (unpaired) electrons. The zero-order valence-electron chi connectivity index (χ0n) is 13.4. The molecule has 0 spiro atoms. The average Bonchev–Trinajstić information content (AvgIpc) is 2.86. The van der Waals surface area contributed by atoms with Gasteiger partial charge in [-0.3, -0.25) is 9.19 Å². The SMILES string of the molecule is CC(C)(C)OC(=O)N1CCC[C@@H]1C[S@](=O)Cc1ccccn1. The van der Waals surface area contributed by atoms with Gasteiger partial charge in [-0.1, -0.05) is 6.07 Å².